The van der Waals surface area contributed by atoms with E-state index in [0.717, 1.165) is 0 Å². The summed E-state index contributed by atoms with van der Waals surface area (Å²) in [5.74, 6) is -0.466. The average molecular weight is 260 g/mol. The van der Waals surface area contributed by atoms with Gasteiger partial charge in [-0.2, -0.15) is 0 Å². The number of hydrogen-bond acceptors (Lipinski definition) is 5. The number of carboxylic acid groups (broad SMARTS) is 1. The number of aliphatic hydroxyl groups excluding tert-OH is 1. The highest BCUT2D eigenvalue weighted by molar-refractivity contribution is 5.32. The lowest BCUT2D eigenvalue weighted by molar-refractivity contribution is -0.228. The van der Waals surface area contributed by atoms with E-state index in [9.17, 15) is 5.11 Å². The van der Waals surface area contributed by atoms with Crippen LogP contribution in [0, 0.1) is 0 Å². The zero-order valence-electron chi connectivity index (χ0n) is 10.8. The van der Waals surface area contributed by atoms with Gasteiger partial charge < -0.3 is 24.4 Å². The van der Waals surface area contributed by atoms with Crippen LogP contribution in [0.3, 0.4) is 0 Å². The van der Waals surface area contributed by atoms with Gasteiger partial charge in [-0.1, -0.05) is 0 Å². The molecule has 104 valence electrons. The highest BCUT2D eigenvalue weighted by Crippen LogP contribution is 2.27. The summed E-state index contributed by atoms with van der Waals surface area (Å²) in [4.78, 5) is 8.36. The SMILES string of the molecule is CCOC1=CC(OC)(OCC)C(O)C=C1.O=CO. The van der Waals surface area contributed by atoms with Crippen molar-refractivity contribution < 1.29 is 29.2 Å². The van der Waals surface area contributed by atoms with Crippen molar-refractivity contribution in [1.29, 1.82) is 0 Å². The van der Waals surface area contributed by atoms with Crippen LogP contribution >= 0.6 is 0 Å². The number of hydrogen-bond donors (Lipinski definition) is 2. The van der Waals surface area contributed by atoms with Crippen LogP contribution in [-0.2, 0) is 19.0 Å². The first-order valence-corrected chi connectivity index (χ1v) is 5.59. The Kier molecular flexibility index (Phi) is 8.02. The minimum atomic E-state index is -1.12. The quantitative estimate of drug-likeness (QED) is 0.564. The molecule has 0 saturated carbocycles. The van der Waals surface area contributed by atoms with Crippen molar-refractivity contribution in [3.8, 4) is 0 Å². The van der Waals surface area contributed by atoms with Gasteiger partial charge in [-0.05, 0) is 26.0 Å². The summed E-state index contributed by atoms with van der Waals surface area (Å²) < 4.78 is 16.0. The molecule has 0 aromatic rings. The van der Waals surface area contributed by atoms with Crippen LogP contribution in [-0.4, -0.2) is 48.9 Å². The first kappa shape index (κ1) is 16.6. The summed E-state index contributed by atoms with van der Waals surface area (Å²) >= 11 is 0. The van der Waals surface area contributed by atoms with Crippen molar-refractivity contribution in [1.82, 2.24) is 0 Å². The Morgan fingerprint density at radius 1 is 1.44 bits per heavy atom. The molecule has 0 spiro atoms. The van der Waals surface area contributed by atoms with Crippen LogP contribution in [0.2, 0.25) is 0 Å². The largest absolute Gasteiger partial charge is 0.494 e. The number of carbonyl (C=O) groups is 1. The zero-order chi connectivity index (χ0) is 14.0. The Morgan fingerprint density at radius 2 is 2.06 bits per heavy atom. The van der Waals surface area contributed by atoms with E-state index in [1.54, 1.807) is 18.2 Å². The number of ether oxygens (including phenoxy) is 3. The first-order chi connectivity index (χ1) is 8.60. The molecule has 2 N–H and O–H groups in total. The third kappa shape index (κ3) is 4.48. The van der Waals surface area contributed by atoms with Gasteiger partial charge in [-0.15, -0.1) is 0 Å². The fourth-order valence-corrected chi connectivity index (χ4v) is 1.50. The fourth-order valence-electron chi connectivity index (χ4n) is 1.50. The third-order valence-corrected chi connectivity index (χ3v) is 2.20. The molecule has 0 aromatic carbocycles. The predicted molar refractivity (Wildman–Crippen MR) is 64.9 cm³/mol. The second-order valence-corrected chi connectivity index (χ2v) is 3.25. The lowest BCUT2D eigenvalue weighted by Crippen LogP contribution is -2.45. The molecule has 0 bridgehead atoms. The first-order valence-electron chi connectivity index (χ1n) is 5.59. The smallest absolute Gasteiger partial charge is 0.290 e. The Bertz CT molecular complexity index is 299. The molecule has 0 aromatic heterocycles. The number of aliphatic hydroxyl groups is 1. The monoisotopic (exact) mass is 260 g/mol. The molecule has 1 rings (SSSR count). The van der Waals surface area contributed by atoms with Crippen molar-refractivity contribution in [3.63, 3.8) is 0 Å². The Morgan fingerprint density at radius 3 is 2.50 bits per heavy atom. The van der Waals surface area contributed by atoms with E-state index in [1.807, 2.05) is 13.8 Å². The summed E-state index contributed by atoms with van der Waals surface area (Å²) in [7, 11) is 1.50. The van der Waals surface area contributed by atoms with Crippen molar-refractivity contribution in [2.24, 2.45) is 0 Å². The molecule has 2 unspecified atom stereocenters. The van der Waals surface area contributed by atoms with Gasteiger partial charge in [0.25, 0.3) is 6.47 Å². The summed E-state index contributed by atoms with van der Waals surface area (Å²) in [5, 5.41) is 16.7. The second-order valence-electron chi connectivity index (χ2n) is 3.25. The molecule has 0 aliphatic heterocycles. The van der Waals surface area contributed by atoms with Gasteiger partial charge in [0.05, 0.1) is 6.61 Å². The van der Waals surface area contributed by atoms with Gasteiger partial charge >= 0.3 is 0 Å². The Hall–Kier alpha value is -1.37. The van der Waals surface area contributed by atoms with E-state index >= 15 is 0 Å². The van der Waals surface area contributed by atoms with E-state index in [4.69, 9.17) is 24.1 Å². The van der Waals surface area contributed by atoms with Gasteiger partial charge in [0.1, 0.15) is 11.9 Å². The van der Waals surface area contributed by atoms with Crippen molar-refractivity contribution in [2.75, 3.05) is 20.3 Å². The van der Waals surface area contributed by atoms with Crippen LogP contribution in [0.15, 0.2) is 24.0 Å². The van der Waals surface area contributed by atoms with Crippen LogP contribution < -0.4 is 0 Å². The second kappa shape index (κ2) is 8.68. The van der Waals surface area contributed by atoms with E-state index in [1.165, 1.54) is 7.11 Å². The molecular weight excluding hydrogens is 240 g/mol. The summed E-state index contributed by atoms with van der Waals surface area (Å²) in [5.41, 5.74) is 0. The molecule has 6 nitrogen and oxygen atoms in total. The lowest BCUT2D eigenvalue weighted by atomic mass is 10.0. The summed E-state index contributed by atoms with van der Waals surface area (Å²) in [6, 6.07) is 0. The minimum Gasteiger partial charge on any atom is -0.494 e. The topological polar surface area (TPSA) is 85.2 Å². The van der Waals surface area contributed by atoms with Crippen LogP contribution in [0.25, 0.3) is 0 Å². The normalized spacial score (nSPS) is 25.8. The minimum absolute atomic E-state index is 0.250. The number of rotatable bonds is 5. The van der Waals surface area contributed by atoms with E-state index in [-0.39, 0.29) is 6.47 Å². The standard InChI is InChI=1S/C11H18O4.CH2O2/c1-4-14-9-6-7-10(12)11(8-9,13-3)15-5-2;2-1-3/h6-8,10,12H,4-5H2,1-3H3;1H,(H,2,3). The van der Waals surface area contributed by atoms with E-state index < -0.39 is 11.9 Å². The van der Waals surface area contributed by atoms with Crippen molar-refractivity contribution in [3.05, 3.63) is 24.0 Å². The third-order valence-electron chi connectivity index (χ3n) is 2.20. The van der Waals surface area contributed by atoms with Crippen molar-refractivity contribution in [2.45, 2.75) is 25.7 Å². The van der Waals surface area contributed by atoms with Gasteiger partial charge in [-0.25, -0.2) is 0 Å². The van der Waals surface area contributed by atoms with Crippen LogP contribution in [0.1, 0.15) is 13.8 Å². The summed E-state index contributed by atoms with van der Waals surface area (Å²) in [6.07, 6.45) is 4.16. The fraction of sp³-hybridized carbons (Fsp3) is 0.583. The molecular formula is C12H20O6. The van der Waals surface area contributed by atoms with Gasteiger partial charge in [0, 0.05) is 19.8 Å². The molecule has 0 heterocycles. The Balaban J connectivity index is 0.000000873. The molecule has 0 radical (unpaired) electrons. The highest BCUT2D eigenvalue weighted by Gasteiger charge is 2.38. The molecule has 1 aliphatic rings. The average Bonchev–Trinajstić information content (AvgIpc) is 2.35. The van der Waals surface area contributed by atoms with E-state index in [0.29, 0.717) is 19.0 Å². The molecule has 6 heteroatoms. The van der Waals surface area contributed by atoms with E-state index in [2.05, 4.69) is 0 Å². The van der Waals surface area contributed by atoms with Crippen molar-refractivity contribution >= 4 is 6.47 Å². The molecule has 2 atom stereocenters. The maximum absolute atomic E-state index is 9.80. The Labute approximate surface area is 106 Å². The van der Waals surface area contributed by atoms with Gasteiger partial charge in [-0.3, -0.25) is 4.79 Å². The molecule has 0 saturated heterocycles. The summed E-state index contributed by atoms with van der Waals surface area (Å²) in [6.45, 7) is 4.52. The van der Waals surface area contributed by atoms with Gasteiger partial charge in [0.2, 0.25) is 5.79 Å². The molecule has 0 fully saturated rings. The number of methoxy groups -OCH3 is 1. The lowest BCUT2D eigenvalue weighted by Gasteiger charge is -2.34. The molecule has 0 amide bonds. The molecule has 1 aliphatic carbocycles. The van der Waals surface area contributed by atoms with Crippen LogP contribution in [0.5, 0.6) is 0 Å². The maximum Gasteiger partial charge on any atom is 0.290 e. The highest BCUT2D eigenvalue weighted by atomic mass is 16.7. The zero-order valence-corrected chi connectivity index (χ0v) is 10.8. The molecule has 18 heavy (non-hydrogen) atoms. The van der Waals surface area contributed by atoms with Gasteiger partial charge in [0.15, 0.2) is 0 Å². The maximum atomic E-state index is 9.80. The van der Waals surface area contributed by atoms with Crippen LogP contribution in [0.4, 0.5) is 0 Å². The number of allylic oxidation sites excluding steroid dienone is 1. The predicted octanol–water partition coefficient (Wildman–Crippen LogP) is 0.917.